The van der Waals surface area contributed by atoms with E-state index in [9.17, 15) is 5.11 Å². The molecule has 1 aliphatic rings. The van der Waals surface area contributed by atoms with Crippen molar-refractivity contribution in [2.75, 3.05) is 0 Å². The Kier molecular flexibility index (Phi) is 4.67. The van der Waals surface area contributed by atoms with Crippen molar-refractivity contribution in [1.82, 2.24) is 0 Å². The van der Waals surface area contributed by atoms with Crippen LogP contribution >= 0.6 is 0 Å². The molecule has 1 unspecified atom stereocenters. The molecule has 1 aliphatic carbocycles. The highest BCUT2D eigenvalue weighted by molar-refractivity contribution is 4.80. The van der Waals surface area contributed by atoms with E-state index in [2.05, 4.69) is 13.3 Å². The summed E-state index contributed by atoms with van der Waals surface area (Å²) in [6.07, 6.45) is 10.6. The van der Waals surface area contributed by atoms with Crippen molar-refractivity contribution in [3.05, 3.63) is 6.42 Å². The maximum Gasteiger partial charge on any atom is 0.0568 e. The lowest BCUT2D eigenvalue weighted by Crippen LogP contribution is -2.22. The number of hydrogen-bond acceptors (Lipinski definition) is 1. The average Bonchev–Trinajstić information content (AvgIpc) is 2.15. The van der Waals surface area contributed by atoms with Crippen molar-refractivity contribution in [3.8, 4) is 0 Å². The van der Waals surface area contributed by atoms with Gasteiger partial charge in [-0.25, -0.2) is 0 Å². The van der Waals surface area contributed by atoms with Crippen LogP contribution in [-0.4, -0.2) is 11.2 Å². The predicted molar refractivity (Wildman–Crippen MR) is 51.8 cm³/mol. The van der Waals surface area contributed by atoms with Gasteiger partial charge in [0.05, 0.1) is 6.10 Å². The second-order valence-electron chi connectivity index (χ2n) is 3.91. The second kappa shape index (κ2) is 5.58. The molecule has 0 aromatic carbocycles. The van der Waals surface area contributed by atoms with Gasteiger partial charge in [0, 0.05) is 0 Å². The van der Waals surface area contributed by atoms with Gasteiger partial charge in [0.1, 0.15) is 0 Å². The van der Waals surface area contributed by atoms with Gasteiger partial charge >= 0.3 is 0 Å². The lowest BCUT2D eigenvalue weighted by molar-refractivity contribution is 0.0810. The quantitative estimate of drug-likeness (QED) is 0.686. The standard InChI is InChI=1S/C11H21O/c1-2-3-9-11(12)10-7-5-4-6-8-10/h4,10-12H,2-3,5-9H2,1H3. The van der Waals surface area contributed by atoms with Crippen LogP contribution in [0.3, 0.4) is 0 Å². The van der Waals surface area contributed by atoms with Crippen molar-refractivity contribution in [2.24, 2.45) is 5.92 Å². The molecule has 1 fully saturated rings. The first kappa shape index (κ1) is 10.0. The average molecular weight is 169 g/mol. The van der Waals surface area contributed by atoms with Crippen LogP contribution in [0.25, 0.3) is 0 Å². The van der Waals surface area contributed by atoms with Crippen LogP contribution in [0.2, 0.25) is 0 Å². The van der Waals surface area contributed by atoms with Crippen molar-refractivity contribution in [3.63, 3.8) is 0 Å². The number of aliphatic hydroxyl groups excluding tert-OH is 1. The fraction of sp³-hybridized carbons (Fsp3) is 0.909. The molecule has 0 aromatic rings. The van der Waals surface area contributed by atoms with E-state index in [4.69, 9.17) is 0 Å². The summed E-state index contributed by atoms with van der Waals surface area (Å²) in [5.41, 5.74) is 0. The van der Waals surface area contributed by atoms with Crippen LogP contribution in [0.4, 0.5) is 0 Å². The van der Waals surface area contributed by atoms with E-state index in [0.717, 1.165) is 6.42 Å². The van der Waals surface area contributed by atoms with Gasteiger partial charge in [0.2, 0.25) is 0 Å². The smallest absolute Gasteiger partial charge is 0.0568 e. The zero-order valence-corrected chi connectivity index (χ0v) is 8.13. The Bertz CT molecular complexity index is 106. The molecule has 0 spiro atoms. The van der Waals surface area contributed by atoms with E-state index >= 15 is 0 Å². The number of unbranched alkanes of at least 4 members (excludes halogenated alkanes) is 1. The summed E-state index contributed by atoms with van der Waals surface area (Å²) in [6, 6.07) is 0. The van der Waals surface area contributed by atoms with Crippen LogP contribution in [0, 0.1) is 12.3 Å². The monoisotopic (exact) mass is 169 g/mol. The lowest BCUT2D eigenvalue weighted by atomic mass is 9.84. The molecule has 1 atom stereocenters. The first-order valence-electron chi connectivity index (χ1n) is 5.34. The lowest BCUT2D eigenvalue weighted by Gasteiger charge is -2.26. The molecule has 1 heteroatoms. The van der Waals surface area contributed by atoms with Crippen LogP contribution in [-0.2, 0) is 0 Å². The zero-order chi connectivity index (χ0) is 8.81. The molecule has 0 heterocycles. The minimum absolute atomic E-state index is 0.0151. The predicted octanol–water partition coefficient (Wildman–Crippen LogP) is 2.93. The Balaban J connectivity index is 2.15. The van der Waals surface area contributed by atoms with Gasteiger partial charge in [0.15, 0.2) is 0 Å². The maximum absolute atomic E-state index is 9.79. The highest BCUT2D eigenvalue weighted by Gasteiger charge is 2.20. The van der Waals surface area contributed by atoms with E-state index in [-0.39, 0.29) is 6.10 Å². The Morgan fingerprint density at radius 1 is 1.42 bits per heavy atom. The number of aliphatic hydroxyl groups is 1. The van der Waals surface area contributed by atoms with Gasteiger partial charge in [-0.1, -0.05) is 19.8 Å². The Morgan fingerprint density at radius 2 is 2.08 bits per heavy atom. The molecule has 1 radical (unpaired) electrons. The summed E-state index contributed by atoms with van der Waals surface area (Å²) in [6.45, 7) is 2.18. The highest BCUT2D eigenvalue weighted by atomic mass is 16.3. The fourth-order valence-corrected chi connectivity index (χ4v) is 1.99. The Morgan fingerprint density at radius 3 is 2.67 bits per heavy atom. The molecular formula is C11H21O. The molecule has 0 amide bonds. The summed E-state index contributed by atoms with van der Waals surface area (Å²) in [5, 5.41) is 9.79. The highest BCUT2D eigenvalue weighted by Crippen LogP contribution is 2.27. The third kappa shape index (κ3) is 3.14. The van der Waals surface area contributed by atoms with E-state index in [1.54, 1.807) is 0 Å². The van der Waals surface area contributed by atoms with Crippen LogP contribution in [0.1, 0.15) is 51.9 Å². The second-order valence-corrected chi connectivity index (χ2v) is 3.91. The van der Waals surface area contributed by atoms with Crippen molar-refractivity contribution in [2.45, 2.75) is 58.0 Å². The molecule has 1 N–H and O–H groups in total. The summed E-state index contributed by atoms with van der Waals surface area (Å²) in [7, 11) is 0. The summed E-state index contributed by atoms with van der Waals surface area (Å²) in [5.74, 6) is 0.599. The minimum atomic E-state index is -0.0151. The van der Waals surface area contributed by atoms with Gasteiger partial charge in [-0.05, 0) is 44.4 Å². The molecule has 0 saturated heterocycles. The number of hydrogen-bond donors (Lipinski definition) is 1. The topological polar surface area (TPSA) is 20.2 Å². The van der Waals surface area contributed by atoms with Crippen molar-refractivity contribution >= 4 is 0 Å². The number of rotatable bonds is 4. The fourth-order valence-electron chi connectivity index (χ4n) is 1.99. The summed E-state index contributed by atoms with van der Waals surface area (Å²) >= 11 is 0. The molecule has 0 aromatic heterocycles. The van der Waals surface area contributed by atoms with Crippen LogP contribution in [0.15, 0.2) is 0 Å². The van der Waals surface area contributed by atoms with Crippen LogP contribution < -0.4 is 0 Å². The summed E-state index contributed by atoms with van der Waals surface area (Å²) in [4.78, 5) is 0. The van der Waals surface area contributed by atoms with Gasteiger partial charge < -0.3 is 5.11 Å². The van der Waals surface area contributed by atoms with E-state index < -0.39 is 0 Å². The first-order chi connectivity index (χ1) is 5.84. The normalized spacial score (nSPS) is 22.5. The van der Waals surface area contributed by atoms with Gasteiger partial charge in [-0.3, -0.25) is 0 Å². The maximum atomic E-state index is 9.79. The van der Waals surface area contributed by atoms with Crippen molar-refractivity contribution in [1.29, 1.82) is 0 Å². The summed E-state index contributed by atoms with van der Waals surface area (Å²) < 4.78 is 0. The molecule has 1 rings (SSSR count). The molecule has 0 bridgehead atoms. The van der Waals surface area contributed by atoms with E-state index in [0.29, 0.717) is 5.92 Å². The molecule has 12 heavy (non-hydrogen) atoms. The molecular weight excluding hydrogens is 148 g/mol. The van der Waals surface area contributed by atoms with Crippen LogP contribution in [0.5, 0.6) is 0 Å². The first-order valence-corrected chi connectivity index (χ1v) is 5.34. The zero-order valence-electron chi connectivity index (χ0n) is 8.13. The minimum Gasteiger partial charge on any atom is -0.393 e. The molecule has 1 nitrogen and oxygen atoms in total. The van der Waals surface area contributed by atoms with E-state index in [1.807, 2.05) is 0 Å². The SMILES string of the molecule is CCCCC(O)C1CC[CH]CC1. The van der Waals surface area contributed by atoms with Crippen molar-refractivity contribution < 1.29 is 5.11 Å². The molecule has 71 valence electrons. The largest absolute Gasteiger partial charge is 0.393 e. The molecule has 0 aliphatic heterocycles. The Labute approximate surface area is 76.2 Å². The van der Waals surface area contributed by atoms with Gasteiger partial charge in [-0.15, -0.1) is 0 Å². The molecule has 1 saturated carbocycles. The van der Waals surface area contributed by atoms with E-state index in [1.165, 1.54) is 38.5 Å². The van der Waals surface area contributed by atoms with Gasteiger partial charge in [-0.2, -0.15) is 0 Å². The third-order valence-corrected chi connectivity index (χ3v) is 2.88. The Hall–Kier alpha value is -0.0400. The van der Waals surface area contributed by atoms with Gasteiger partial charge in [0.25, 0.3) is 0 Å². The third-order valence-electron chi connectivity index (χ3n) is 2.88.